The van der Waals surface area contributed by atoms with Crippen LogP contribution in [0, 0.1) is 0 Å². The average molecular weight is 828 g/mol. The third-order valence-electron chi connectivity index (χ3n) is 13.4. The topological polar surface area (TPSA) is 41.1 Å². The van der Waals surface area contributed by atoms with Crippen LogP contribution in [0.15, 0.2) is 209 Å². The zero-order valence-corrected chi connectivity index (χ0v) is 35.3. The molecule has 0 amide bonds. The first kappa shape index (κ1) is 36.3. The number of thiophene rings is 1. The van der Waals surface area contributed by atoms with Crippen molar-refractivity contribution >= 4 is 87.1 Å². The summed E-state index contributed by atoms with van der Waals surface area (Å²) < 4.78 is 9.31. The Balaban J connectivity index is 1.05. The van der Waals surface area contributed by atoms with Gasteiger partial charge in [-0.15, -0.1) is 11.3 Å². The summed E-state index contributed by atoms with van der Waals surface area (Å²) in [5, 5.41) is 7.24. The Morgan fingerprint density at radius 1 is 0.556 bits per heavy atom. The number of allylic oxidation sites excluding steroid dienone is 2. The van der Waals surface area contributed by atoms with Crippen LogP contribution in [-0.4, -0.2) is 17.6 Å². The Morgan fingerprint density at radius 3 is 2.17 bits per heavy atom. The first-order valence-electron chi connectivity index (χ1n) is 22.1. The van der Waals surface area contributed by atoms with Gasteiger partial charge in [0, 0.05) is 54.2 Å². The molecule has 4 nitrogen and oxygen atoms in total. The number of nitrogens with zero attached hydrogens (tertiary/aromatic N) is 3. The molecule has 8 aromatic carbocycles. The first-order valence-corrected chi connectivity index (χ1v) is 22.9. The maximum atomic E-state index is 6.70. The molecule has 63 heavy (non-hydrogen) atoms. The van der Waals surface area contributed by atoms with Crippen LogP contribution in [-0.2, 0) is 0 Å². The second-order valence-corrected chi connectivity index (χ2v) is 18.2. The number of hydrogen-bond donors (Lipinski definition) is 0. The van der Waals surface area contributed by atoms with E-state index in [1.165, 1.54) is 58.9 Å². The molecule has 0 fully saturated rings. The largest absolute Gasteiger partial charge is 0.456 e. The highest BCUT2D eigenvalue weighted by atomic mass is 32.1. The van der Waals surface area contributed by atoms with Crippen LogP contribution < -0.4 is 4.90 Å². The number of anilines is 2. The molecular weight excluding hydrogens is 787 g/mol. The van der Waals surface area contributed by atoms with Gasteiger partial charge in [0.2, 0.25) is 0 Å². The minimum absolute atomic E-state index is 0.0664. The highest BCUT2D eigenvalue weighted by Crippen LogP contribution is 2.51. The lowest BCUT2D eigenvalue weighted by molar-refractivity contribution is 0.622. The molecule has 0 saturated heterocycles. The van der Waals surface area contributed by atoms with Gasteiger partial charge in [-0.2, -0.15) is 0 Å². The van der Waals surface area contributed by atoms with E-state index in [1.54, 1.807) is 0 Å². The van der Waals surface area contributed by atoms with Crippen molar-refractivity contribution in [2.75, 3.05) is 4.90 Å². The zero-order chi connectivity index (χ0) is 41.4. The van der Waals surface area contributed by atoms with Crippen LogP contribution in [0.1, 0.15) is 53.5 Å². The fraction of sp³-hybridized carbons (Fsp3) is 0.103. The molecule has 13 rings (SSSR count). The third kappa shape index (κ3) is 6.10. The monoisotopic (exact) mass is 827 g/mol. The summed E-state index contributed by atoms with van der Waals surface area (Å²) >= 11 is 1.87. The van der Waals surface area contributed by atoms with Gasteiger partial charge in [-0.25, -0.2) is 4.99 Å². The lowest BCUT2D eigenvalue weighted by atomic mass is 9.90. The number of rotatable bonds is 5. The van der Waals surface area contributed by atoms with Crippen LogP contribution in [0.3, 0.4) is 0 Å². The van der Waals surface area contributed by atoms with Gasteiger partial charge in [0.1, 0.15) is 11.2 Å². The normalized spacial score (nSPS) is 18.5. The molecule has 1 aliphatic carbocycles. The molecule has 4 heterocycles. The van der Waals surface area contributed by atoms with Crippen LogP contribution in [0.2, 0.25) is 0 Å². The fourth-order valence-electron chi connectivity index (χ4n) is 10.3. The maximum Gasteiger partial charge on any atom is 0.157 e. The van der Waals surface area contributed by atoms with Crippen molar-refractivity contribution in [3.8, 4) is 11.1 Å². The number of para-hydroxylation sites is 1. The van der Waals surface area contributed by atoms with E-state index in [9.17, 15) is 0 Å². The van der Waals surface area contributed by atoms with Gasteiger partial charge in [0.25, 0.3) is 0 Å². The van der Waals surface area contributed by atoms with Crippen LogP contribution in [0.5, 0.6) is 0 Å². The quantitative estimate of drug-likeness (QED) is 0.173. The van der Waals surface area contributed by atoms with Crippen molar-refractivity contribution in [3.05, 3.63) is 216 Å². The second-order valence-electron chi connectivity index (χ2n) is 17.1. The van der Waals surface area contributed by atoms with E-state index in [2.05, 4.69) is 199 Å². The summed E-state index contributed by atoms with van der Waals surface area (Å²) in [6.45, 7) is 0. The van der Waals surface area contributed by atoms with Gasteiger partial charge in [-0.05, 0) is 94.3 Å². The Labute approximate surface area is 369 Å². The molecule has 0 N–H and O–H groups in total. The second kappa shape index (κ2) is 14.6. The summed E-state index contributed by atoms with van der Waals surface area (Å²) in [6, 6.07) is 61.7. The molecule has 0 bridgehead atoms. The van der Waals surface area contributed by atoms with Crippen molar-refractivity contribution < 1.29 is 4.42 Å². The number of amidine groups is 1. The van der Waals surface area contributed by atoms with Crippen molar-refractivity contribution in [2.45, 2.75) is 37.3 Å². The van der Waals surface area contributed by atoms with E-state index >= 15 is 0 Å². The Morgan fingerprint density at radius 2 is 1.29 bits per heavy atom. The van der Waals surface area contributed by atoms with E-state index in [1.807, 2.05) is 11.3 Å². The molecule has 300 valence electrons. The van der Waals surface area contributed by atoms with E-state index in [4.69, 9.17) is 14.4 Å². The minimum Gasteiger partial charge on any atom is -0.456 e. The molecule has 3 atom stereocenters. The van der Waals surface area contributed by atoms with E-state index in [0.717, 1.165) is 69.6 Å². The first-order chi connectivity index (χ1) is 31.2. The van der Waals surface area contributed by atoms with Gasteiger partial charge in [0.05, 0.1) is 23.5 Å². The molecule has 0 spiro atoms. The summed E-state index contributed by atoms with van der Waals surface area (Å²) in [5.41, 5.74) is 12.1. The van der Waals surface area contributed by atoms with Gasteiger partial charge >= 0.3 is 0 Å². The molecule has 10 aromatic rings. The third-order valence-corrected chi connectivity index (χ3v) is 14.6. The predicted molar refractivity (Wildman–Crippen MR) is 265 cm³/mol. The van der Waals surface area contributed by atoms with Gasteiger partial charge in [-0.3, -0.25) is 4.99 Å². The predicted octanol–water partition coefficient (Wildman–Crippen LogP) is 15.7. The Bertz CT molecular complexity index is 3570. The SMILES string of the molecule is C1=CC2c3cc4ccccc4cc3N(c3cc4oc5ccccc5c4cc3C3=NC(c4ccc5c(c4)sc4ccccc45)CCCC(c4ccc(-c5ccccc5)cc4)=N3)C2C=C1. The Kier molecular flexibility index (Phi) is 8.45. The number of furan rings is 1. The van der Waals surface area contributed by atoms with Crippen molar-refractivity contribution in [1.82, 2.24) is 0 Å². The molecule has 2 aromatic heterocycles. The van der Waals surface area contributed by atoms with Crippen LogP contribution in [0.25, 0.3) is 64.0 Å². The molecule has 3 aliphatic rings. The van der Waals surface area contributed by atoms with Crippen molar-refractivity contribution in [3.63, 3.8) is 0 Å². The zero-order valence-electron chi connectivity index (χ0n) is 34.5. The highest BCUT2D eigenvalue weighted by Gasteiger charge is 2.39. The summed E-state index contributed by atoms with van der Waals surface area (Å²) in [6.07, 6.45) is 11.8. The van der Waals surface area contributed by atoms with Crippen LogP contribution in [0.4, 0.5) is 11.4 Å². The van der Waals surface area contributed by atoms with E-state index in [0.29, 0.717) is 0 Å². The molecule has 3 unspecified atom stereocenters. The lowest BCUT2D eigenvalue weighted by Gasteiger charge is -2.31. The number of hydrogen-bond acceptors (Lipinski definition) is 5. The smallest absolute Gasteiger partial charge is 0.157 e. The molecule has 0 saturated carbocycles. The van der Waals surface area contributed by atoms with Crippen molar-refractivity contribution in [1.29, 1.82) is 0 Å². The Hall–Kier alpha value is -7.34. The maximum absolute atomic E-state index is 6.70. The standard InChI is InChI=1S/C58H41N3OS/c1-2-13-36(14-3-1)37-25-27-38(28-26-37)49-20-12-21-50(41-29-30-45-44-19-8-11-24-56(44)63-57(45)33-41)60-58(59-49)48-34-47-43-18-7-10-23-54(43)62-55(47)35-53(48)61-51-22-9-6-17-42(51)46-31-39-15-4-5-16-40(39)32-52(46)61/h1-11,13-19,22-35,42,50-51H,12,20-21H2. The van der Waals surface area contributed by atoms with Gasteiger partial charge in [0.15, 0.2) is 5.84 Å². The number of fused-ring (bicyclic) bond motifs is 10. The molecule has 5 heteroatoms. The van der Waals surface area contributed by atoms with E-state index < -0.39 is 0 Å². The average Bonchev–Trinajstić information content (AvgIpc) is 3.99. The summed E-state index contributed by atoms with van der Waals surface area (Å²) in [7, 11) is 0. The number of aliphatic imine (C=N–C) groups is 2. The minimum atomic E-state index is -0.0786. The molecule has 0 radical (unpaired) electrons. The molecular formula is C58H41N3OS. The number of benzene rings is 8. The van der Waals surface area contributed by atoms with Crippen LogP contribution >= 0.6 is 11.3 Å². The van der Waals surface area contributed by atoms with Gasteiger partial charge < -0.3 is 9.32 Å². The molecule has 2 aliphatic heterocycles. The van der Waals surface area contributed by atoms with E-state index in [-0.39, 0.29) is 18.0 Å². The summed E-state index contributed by atoms with van der Waals surface area (Å²) in [5.74, 6) is 0.942. The lowest BCUT2D eigenvalue weighted by Crippen LogP contribution is -2.30. The highest BCUT2D eigenvalue weighted by molar-refractivity contribution is 7.25. The summed E-state index contributed by atoms with van der Waals surface area (Å²) in [4.78, 5) is 14.1. The fourth-order valence-corrected chi connectivity index (χ4v) is 11.5. The van der Waals surface area contributed by atoms with Gasteiger partial charge in [-0.1, -0.05) is 152 Å². The van der Waals surface area contributed by atoms with Crippen molar-refractivity contribution in [2.24, 2.45) is 9.98 Å².